The standard InChI is InChI=1S/C31H33N5O6S/c1-20-25(16-23(17-32)30(39)34-20)22-8-10-24(11-9-22)41-18-29(38)33-12-13-35(3)14-15-36-26-6-4-5-7-28(26)43-19-27(31(36)40)42-21(2)37/h4-11,16,27H,12-15,18-19H2,1-3H3,(H,33,38)(H,34,39). The number of nitriles is 1. The van der Waals surface area contributed by atoms with E-state index >= 15 is 0 Å². The molecule has 2 N–H and O–H groups in total. The van der Waals surface area contributed by atoms with Crippen LogP contribution in [0.15, 0.2) is 64.3 Å². The van der Waals surface area contributed by atoms with Gasteiger partial charge in [-0.05, 0) is 49.9 Å². The quantitative estimate of drug-likeness (QED) is 0.316. The molecule has 0 bridgehead atoms. The summed E-state index contributed by atoms with van der Waals surface area (Å²) in [4.78, 5) is 56.2. The second-order valence-corrected chi connectivity index (χ2v) is 11.1. The summed E-state index contributed by atoms with van der Waals surface area (Å²) in [5.41, 5.74) is 2.59. The number of nitrogens with zero attached hydrogens (tertiary/aromatic N) is 3. The molecule has 3 aromatic rings. The summed E-state index contributed by atoms with van der Waals surface area (Å²) in [6, 6.07) is 18.1. The van der Waals surface area contributed by atoms with Crippen molar-refractivity contribution in [3.8, 4) is 22.9 Å². The first kappa shape index (κ1) is 31.3. The fourth-order valence-corrected chi connectivity index (χ4v) is 5.59. The monoisotopic (exact) mass is 603 g/mol. The molecular weight excluding hydrogens is 570 g/mol. The van der Waals surface area contributed by atoms with Crippen LogP contribution in [0.2, 0.25) is 0 Å². The summed E-state index contributed by atoms with van der Waals surface area (Å²) in [6.45, 7) is 4.78. The summed E-state index contributed by atoms with van der Waals surface area (Å²) in [5, 5.41) is 12.0. The lowest BCUT2D eigenvalue weighted by Gasteiger charge is -2.27. The number of amides is 2. The number of aromatic amines is 1. The van der Waals surface area contributed by atoms with Crippen molar-refractivity contribution < 1.29 is 23.9 Å². The lowest BCUT2D eigenvalue weighted by atomic mass is 10.0. The number of rotatable bonds is 11. The number of aromatic nitrogens is 1. The topological polar surface area (TPSA) is 145 Å². The van der Waals surface area contributed by atoms with Crippen LogP contribution in [0.4, 0.5) is 5.69 Å². The Kier molecular flexibility index (Phi) is 10.6. The van der Waals surface area contributed by atoms with E-state index in [0.717, 1.165) is 21.7 Å². The van der Waals surface area contributed by atoms with Gasteiger partial charge in [-0.15, -0.1) is 11.8 Å². The van der Waals surface area contributed by atoms with E-state index in [9.17, 15) is 19.2 Å². The van der Waals surface area contributed by atoms with Gasteiger partial charge in [0.1, 0.15) is 17.4 Å². The summed E-state index contributed by atoms with van der Waals surface area (Å²) in [7, 11) is 1.90. The molecule has 2 amide bonds. The Labute approximate surface area is 253 Å². The van der Waals surface area contributed by atoms with Gasteiger partial charge in [-0.1, -0.05) is 24.3 Å². The molecule has 1 aliphatic heterocycles. The molecular formula is C31H33N5O6S. The molecule has 11 nitrogen and oxygen atoms in total. The van der Waals surface area contributed by atoms with E-state index in [1.54, 1.807) is 42.2 Å². The number of aryl methyl sites for hydroxylation is 1. The average molecular weight is 604 g/mol. The van der Waals surface area contributed by atoms with Crippen LogP contribution in [0, 0.1) is 18.3 Å². The van der Waals surface area contributed by atoms with E-state index in [4.69, 9.17) is 14.7 Å². The SMILES string of the molecule is CC(=O)OC1CSc2ccccc2N(CCN(C)CCNC(=O)COc2ccc(-c3cc(C#N)c(=O)[nH]c3C)cc2)C1=O. The molecule has 0 aliphatic carbocycles. The molecule has 2 heterocycles. The number of likely N-dealkylation sites (N-methyl/N-ethyl adjacent to an activating group) is 1. The first-order chi connectivity index (χ1) is 20.7. The van der Waals surface area contributed by atoms with Crippen molar-refractivity contribution in [2.75, 3.05) is 50.5 Å². The van der Waals surface area contributed by atoms with E-state index < -0.39 is 17.6 Å². The summed E-state index contributed by atoms with van der Waals surface area (Å²) in [6.07, 6.45) is -0.847. The van der Waals surface area contributed by atoms with Gasteiger partial charge in [-0.2, -0.15) is 5.26 Å². The lowest BCUT2D eigenvalue weighted by molar-refractivity contribution is -0.151. The van der Waals surface area contributed by atoms with Crippen molar-refractivity contribution in [3.63, 3.8) is 0 Å². The van der Waals surface area contributed by atoms with Gasteiger partial charge in [0.05, 0.1) is 5.69 Å². The van der Waals surface area contributed by atoms with Crippen LogP contribution in [-0.4, -0.2) is 79.4 Å². The third-order valence-corrected chi connectivity index (χ3v) is 7.94. The normalized spacial score (nSPS) is 14.4. The Morgan fingerprint density at radius 2 is 1.91 bits per heavy atom. The molecule has 0 radical (unpaired) electrons. The number of esters is 1. The van der Waals surface area contributed by atoms with E-state index in [2.05, 4.69) is 10.3 Å². The predicted octanol–water partition coefficient (Wildman–Crippen LogP) is 2.72. The Balaban J connectivity index is 1.23. The van der Waals surface area contributed by atoms with Crippen molar-refractivity contribution in [2.45, 2.75) is 24.8 Å². The van der Waals surface area contributed by atoms with Crippen LogP contribution in [0.3, 0.4) is 0 Å². The van der Waals surface area contributed by atoms with Gasteiger partial charge in [0.15, 0.2) is 12.7 Å². The molecule has 2 aromatic carbocycles. The largest absolute Gasteiger partial charge is 0.484 e. The van der Waals surface area contributed by atoms with Gasteiger partial charge in [0.2, 0.25) is 0 Å². The van der Waals surface area contributed by atoms with Crippen LogP contribution >= 0.6 is 11.8 Å². The van der Waals surface area contributed by atoms with Gasteiger partial charge < -0.3 is 29.6 Å². The summed E-state index contributed by atoms with van der Waals surface area (Å²) >= 11 is 1.49. The Morgan fingerprint density at radius 3 is 2.63 bits per heavy atom. The third kappa shape index (κ3) is 8.24. The number of hydrogen-bond donors (Lipinski definition) is 2. The van der Waals surface area contributed by atoms with E-state index in [-0.39, 0.29) is 24.0 Å². The maximum Gasteiger partial charge on any atom is 0.303 e. The molecule has 1 atom stereocenters. The highest BCUT2D eigenvalue weighted by Crippen LogP contribution is 2.34. The molecule has 0 fully saturated rings. The molecule has 0 spiro atoms. The summed E-state index contributed by atoms with van der Waals surface area (Å²) in [5.74, 6) is -0.149. The zero-order chi connectivity index (χ0) is 30.9. The van der Waals surface area contributed by atoms with Gasteiger partial charge in [0.25, 0.3) is 17.4 Å². The minimum atomic E-state index is -0.847. The van der Waals surface area contributed by atoms with Crippen LogP contribution in [0.1, 0.15) is 18.2 Å². The molecule has 0 saturated heterocycles. The van der Waals surface area contributed by atoms with Gasteiger partial charge in [-0.3, -0.25) is 19.2 Å². The number of pyridine rings is 1. The number of para-hydroxylation sites is 1. The van der Waals surface area contributed by atoms with Crippen molar-refractivity contribution in [1.82, 2.24) is 15.2 Å². The number of thioether (sulfide) groups is 1. The molecule has 0 saturated carbocycles. The molecule has 1 aliphatic rings. The van der Waals surface area contributed by atoms with Gasteiger partial charge in [0, 0.05) is 55.0 Å². The van der Waals surface area contributed by atoms with Crippen molar-refractivity contribution in [1.29, 1.82) is 5.26 Å². The number of carbonyl (C=O) groups excluding carboxylic acids is 3. The van der Waals surface area contributed by atoms with E-state index in [1.807, 2.05) is 42.3 Å². The average Bonchev–Trinajstić information content (AvgIpc) is 3.11. The first-order valence-electron chi connectivity index (χ1n) is 13.7. The highest BCUT2D eigenvalue weighted by atomic mass is 32.2. The van der Waals surface area contributed by atoms with E-state index in [0.29, 0.717) is 43.4 Å². The van der Waals surface area contributed by atoms with Gasteiger partial charge >= 0.3 is 5.97 Å². The fraction of sp³-hybridized carbons (Fsp3) is 0.323. The second kappa shape index (κ2) is 14.5. The fourth-order valence-electron chi connectivity index (χ4n) is 4.55. The number of carbonyl (C=O) groups is 3. The number of benzene rings is 2. The van der Waals surface area contributed by atoms with Gasteiger partial charge in [-0.25, -0.2) is 0 Å². The lowest BCUT2D eigenvalue weighted by Crippen LogP contribution is -2.45. The molecule has 12 heteroatoms. The highest BCUT2D eigenvalue weighted by Gasteiger charge is 2.32. The molecule has 1 aromatic heterocycles. The zero-order valence-electron chi connectivity index (χ0n) is 24.2. The van der Waals surface area contributed by atoms with Crippen LogP contribution in [0.25, 0.3) is 11.1 Å². The number of ether oxygens (including phenoxy) is 2. The van der Waals surface area contributed by atoms with Crippen LogP contribution in [0.5, 0.6) is 5.75 Å². The molecule has 43 heavy (non-hydrogen) atoms. The third-order valence-electron chi connectivity index (χ3n) is 6.81. The Morgan fingerprint density at radius 1 is 1.16 bits per heavy atom. The van der Waals surface area contributed by atoms with Crippen LogP contribution in [-0.2, 0) is 19.1 Å². The maximum absolute atomic E-state index is 13.2. The minimum Gasteiger partial charge on any atom is -0.484 e. The van der Waals surface area contributed by atoms with Crippen molar-refractivity contribution in [2.24, 2.45) is 0 Å². The molecule has 4 rings (SSSR count). The number of nitrogens with one attached hydrogen (secondary N) is 2. The first-order valence-corrected chi connectivity index (χ1v) is 14.7. The maximum atomic E-state index is 13.2. The second-order valence-electron chi connectivity index (χ2n) is 10.00. The minimum absolute atomic E-state index is 0.0380. The van der Waals surface area contributed by atoms with Crippen LogP contribution < -0.4 is 20.5 Å². The van der Waals surface area contributed by atoms with Crippen molar-refractivity contribution >= 4 is 35.2 Å². The number of H-pyrrole nitrogens is 1. The Bertz CT molecular complexity index is 1580. The van der Waals surface area contributed by atoms with E-state index in [1.165, 1.54) is 18.7 Å². The van der Waals surface area contributed by atoms with Crippen molar-refractivity contribution in [3.05, 3.63) is 76.2 Å². The molecule has 224 valence electrons. The number of fused-ring (bicyclic) bond motifs is 1. The number of hydrogen-bond acceptors (Lipinski definition) is 9. The smallest absolute Gasteiger partial charge is 0.303 e. The molecule has 1 unspecified atom stereocenters. The highest BCUT2D eigenvalue weighted by molar-refractivity contribution is 7.99. The summed E-state index contributed by atoms with van der Waals surface area (Å²) < 4.78 is 10.9. The number of anilines is 1. The predicted molar refractivity (Wildman–Crippen MR) is 163 cm³/mol. The Hall–Kier alpha value is -4.60. The zero-order valence-corrected chi connectivity index (χ0v) is 25.0.